The molecule has 22 heavy (non-hydrogen) atoms. The molecule has 6 heteroatoms. The molecule has 2 fully saturated rings. The molecule has 0 N–H and O–H groups in total. The number of ether oxygens (including phenoxy) is 2. The Balaban J connectivity index is 1.86. The Morgan fingerprint density at radius 1 is 1.00 bits per heavy atom. The largest absolute Gasteiger partial charge is 0.347 e. The Labute approximate surface area is 132 Å². The van der Waals surface area contributed by atoms with Gasteiger partial charge in [-0.1, -0.05) is 17.7 Å². The smallest absolute Gasteiger partial charge is 0.243 e. The molecule has 0 bridgehead atoms. The molecule has 0 atom stereocenters. The standard InChI is InChI=1S/C16H23NO4S/c1-12-10-13(2)15(14(3)11-12)22(18,19)17-6-4-16(5-7-17)20-8-9-21-16/h10-11H,4-9H2,1-3H3. The summed E-state index contributed by atoms with van der Waals surface area (Å²) < 4.78 is 38.9. The van der Waals surface area contributed by atoms with E-state index in [-0.39, 0.29) is 0 Å². The first-order chi connectivity index (χ1) is 10.3. The average molecular weight is 325 g/mol. The summed E-state index contributed by atoms with van der Waals surface area (Å²) in [5.74, 6) is -0.552. The van der Waals surface area contributed by atoms with Gasteiger partial charge < -0.3 is 9.47 Å². The molecule has 0 radical (unpaired) electrons. The lowest BCUT2D eigenvalue weighted by Crippen LogP contribution is -2.47. The monoisotopic (exact) mass is 325 g/mol. The van der Waals surface area contributed by atoms with Crippen molar-refractivity contribution >= 4 is 10.0 Å². The molecule has 2 heterocycles. The van der Waals surface area contributed by atoms with Crippen molar-refractivity contribution in [2.45, 2.75) is 44.3 Å². The van der Waals surface area contributed by atoms with Crippen LogP contribution in [0.25, 0.3) is 0 Å². The summed E-state index contributed by atoms with van der Waals surface area (Å²) in [6, 6.07) is 3.85. The number of rotatable bonds is 2. The van der Waals surface area contributed by atoms with Gasteiger partial charge in [-0.3, -0.25) is 0 Å². The van der Waals surface area contributed by atoms with E-state index >= 15 is 0 Å². The number of hydrogen-bond acceptors (Lipinski definition) is 4. The van der Waals surface area contributed by atoms with Gasteiger partial charge >= 0.3 is 0 Å². The molecule has 1 aromatic carbocycles. The lowest BCUT2D eigenvalue weighted by Gasteiger charge is -2.37. The molecule has 122 valence electrons. The van der Waals surface area contributed by atoms with E-state index < -0.39 is 15.8 Å². The zero-order valence-electron chi connectivity index (χ0n) is 13.4. The van der Waals surface area contributed by atoms with E-state index in [1.165, 1.54) is 0 Å². The fourth-order valence-electron chi connectivity index (χ4n) is 3.56. The number of sulfonamides is 1. The van der Waals surface area contributed by atoms with Crippen molar-refractivity contribution in [3.8, 4) is 0 Å². The van der Waals surface area contributed by atoms with Gasteiger partial charge in [0, 0.05) is 25.9 Å². The van der Waals surface area contributed by atoms with Gasteiger partial charge in [-0.25, -0.2) is 8.42 Å². The molecule has 5 nitrogen and oxygen atoms in total. The summed E-state index contributed by atoms with van der Waals surface area (Å²) in [7, 11) is -3.46. The van der Waals surface area contributed by atoms with Crippen LogP contribution in [0.2, 0.25) is 0 Å². The fourth-order valence-corrected chi connectivity index (χ4v) is 5.41. The lowest BCUT2D eigenvalue weighted by atomic mass is 10.1. The summed E-state index contributed by atoms with van der Waals surface area (Å²) in [6.45, 7) is 7.79. The maximum absolute atomic E-state index is 13.0. The fraction of sp³-hybridized carbons (Fsp3) is 0.625. The van der Waals surface area contributed by atoms with Crippen LogP contribution in [0.5, 0.6) is 0 Å². The Hall–Kier alpha value is -0.950. The molecule has 0 saturated carbocycles. The third-order valence-electron chi connectivity index (χ3n) is 4.50. The van der Waals surface area contributed by atoms with Crippen molar-refractivity contribution in [2.24, 2.45) is 0 Å². The van der Waals surface area contributed by atoms with E-state index in [9.17, 15) is 8.42 Å². The Morgan fingerprint density at radius 2 is 1.50 bits per heavy atom. The highest BCUT2D eigenvalue weighted by molar-refractivity contribution is 7.89. The summed E-state index contributed by atoms with van der Waals surface area (Å²) in [6.07, 6.45) is 1.19. The second kappa shape index (κ2) is 5.60. The molecule has 3 rings (SSSR count). The van der Waals surface area contributed by atoms with Crippen LogP contribution in [-0.2, 0) is 19.5 Å². The minimum atomic E-state index is -3.46. The van der Waals surface area contributed by atoms with Crippen molar-refractivity contribution in [2.75, 3.05) is 26.3 Å². The SMILES string of the molecule is Cc1cc(C)c(S(=O)(=O)N2CCC3(CC2)OCCO3)c(C)c1. The van der Waals surface area contributed by atoms with Crippen LogP contribution in [0.3, 0.4) is 0 Å². The highest BCUT2D eigenvalue weighted by Crippen LogP contribution is 2.34. The molecule has 0 aliphatic carbocycles. The lowest BCUT2D eigenvalue weighted by molar-refractivity contribution is -0.179. The van der Waals surface area contributed by atoms with Crippen molar-refractivity contribution < 1.29 is 17.9 Å². The van der Waals surface area contributed by atoms with E-state index in [0.29, 0.717) is 44.0 Å². The van der Waals surface area contributed by atoms with Crippen molar-refractivity contribution in [3.63, 3.8) is 0 Å². The number of hydrogen-bond donors (Lipinski definition) is 0. The zero-order valence-corrected chi connectivity index (χ0v) is 14.2. The first kappa shape index (κ1) is 15.9. The third-order valence-corrected chi connectivity index (χ3v) is 6.71. The predicted octanol–water partition coefficient (Wildman–Crippen LogP) is 2.14. The summed E-state index contributed by atoms with van der Waals surface area (Å²) >= 11 is 0. The average Bonchev–Trinajstić information content (AvgIpc) is 2.86. The first-order valence-electron chi connectivity index (χ1n) is 7.70. The highest BCUT2D eigenvalue weighted by Gasteiger charge is 2.43. The van der Waals surface area contributed by atoms with Crippen molar-refractivity contribution in [1.82, 2.24) is 4.31 Å². The van der Waals surface area contributed by atoms with E-state index in [0.717, 1.165) is 16.7 Å². The number of nitrogens with zero attached hydrogens (tertiary/aromatic N) is 1. The van der Waals surface area contributed by atoms with Crippen LogP contribution >= 0.6 is 0 Å². The summed E-state index contributed by atoms with van der Waals surface area (Å²) in [5, 5.41) is 0. The topological polar surface area (TPSA) is 55.8 Å². The van der Waals surface area contributed by atoms with Gasteiger partial charge in [0.15, 0.2) is 5.79 Å². The predicted molar refractivity (Wildman–Crippen MR) is 83.3 cm³/mol. The van der Waals surface area contributed by atoms with Gasteiger partial charge in [-0.2, -0.15) is 4.31 Å². The minimum absolute atomic E-state index is 0.440. The van der Waals surface area contributed by atoms with Gasteiger partial charge in [0.25, 0.3) is 0 Å². The summed E-state index contributed by atoms with van der Waals surface area (Å²) in [4.78, 5) is 0.447. The Kier molecular flexibility index (Phi) is 4.05. The van der Waals surface area contributed by atoms with E-state index in [1.807, 2.05) is 32.9 Å². The van der Waals surface area contributed by atoms with Crippen LogP contribution in [0.4, 0.5) is 0 Å². The van der Waals surface area contributed by atoms with Crippen molar-refractivity contribution in [1.29, 1.82) is 0 Å². The quantitative estimate of drug-likeness (QED) is 0.836. The van der Waals surface area contributed by atoms with Gasteiger partial charge in [0.2, 0.25) is 10.0 Å². The number of piperidine rings is 1. The second-order valence-electron chi connectivity index (χ2n) is 6.24. The van der Waals surface area contributed by atoms with Gasteiger partial charge in [0.05, 0.1) is 18.1 Å². The maximum Gasteiger partial charge on any atom is 0.243 e. The van der Waals surface area contributed by atoms with Crippen molar-refractivity contribution in [3.05, 3.63) is 28.8 Å². The molecular weight excluding hydrogens is 302 g/mol. The molecule has 2 aliphatic rings. The number of aryl methyl sites for hydroxylation is 3. The molecule has 0 aromatic heterocycles. The van der Waals surface area contributed by atoms with Crippen LogP contribution in [0.15, 0.2) is 17.0 Å². The summed E-state index contributed by atoms with van der Waals surface area (Å²) in [5.41, 5.74) is 2.71. The normalized spacial score (nSPS) is 22.3. The van der Waals surface area contributed by atoms with E-state index in [2.05, 4.69) is 0 Å². The molecule has 2 saturated heterocycles. The van der Waals surface area contributed by atoms with Gasteiger partial charge in [-0.05, 0) is 31.9 Å². The first-order valence-corrected chi connectivity index (χ1v) is 9.14. The molecule has 2 aliphatic heterocycles. The Morgan fingerprint density at radius 3 is 2.00 bits per heavy atom. The minimum Gasteiger partial charge on any atom is -0.347 e. The molecular formula is C16H23NO4S. The highest BCUT2D eigenvalue weighted by atomic mass is 32.2. The van der Waals surface area contributed by atoms with Crippen LogP contribution in [-0.4, -0.2) is 44.8 Å². The van der Waals surface area contributed by atoms with Gasteiger partial charge in [-0.15, -0.1) is 0 Å². The van der Waals surface area contributed by atoms with Gasteiger partial charge in [0.1, 0.15) is 0 Å². The third kappa shape index (κ3) is 2.69. The molecule has 1 spiro atoms. The zero-order chi connectivity index (χ0) is 16.0. The second-order valence-corrected chi connectivity index (χ2v) is 8.11. The Bertz CT molecular complexity index is 644. The van der Waals surface area contributed by atoms with Crippen LogP contribution in [0, 0.1) is 20.8 Å². The molecule has 1 aromatic rings. The maximum atomic E-state index is 13.0. The number of benzene rings is 1. The molecule has 0 amide bonds. The van der Waals surface area contributed by atoms with Crippen LogP contribution < -0.4 is 0 Å². The van der Waals surface area contributed by atoms with Crippen LogP contribution in [0.1, 0.15) is 29.5 Å². The van der Waals surface area contributed by atoms with E-state index in [1.54, 1.807) is 4.31 Å². The van der Waals surface area contributed by atoms with E-state index in [4.69, 9.17) is 9.47 Å². The molecule has 0 unspecified atom stereocenters.